The number of amides is 2. The molecule has 3 rings (SSSR count). The summed E-state index contributed by atoms with van der Waals surface area (Å²) in [5, 5.41) is 3.91. The lowest BCUT2D eigenvalue weighted by Crippen LogP contribution is -2.46. The average Bonchev–Trinajstić information content (AvgIpc) is 2.39. The number of para-hydroxylation sites is 1. The van der Waals surface area contributed by atoms with Gasteiger partial charge in [-0.15, -0.1) is 0 Å². The summed E-state index contributed by atoms with van der Waals surface area (Å²) in [6, 6.07) is 9.79. The summed E-state index contributed by atoms with van der Waals surface area (Å²) in [5.74, 6) is 0. The summed E-state index contributed by atoms with van der Waals surface area (Å²) in [4.78, 5) is 18.0. The molecule has 0 saturated carbocycles. The van der Waals surface area contributed by atoms with Crippen molar-refractivity contribution in [2.24, 2.45) is 0 Å². The molecule has 17 heavy (non-hydrogen) atoms. The number of carbonyl (C=O) groups excluding carboxylic acids is 1. The first-order valence-electron chi connectivity index (χ1n) is 5.75. The van der Waals surface area contributed by atoms with Gasteiger partial charge in [0, 0.05) is 24.7 Å². The van der Waals surface area contributed by atoms with Crippen LogP contribution in [0.2, 0.25) is 0 Å². The minimum absolute atomic E-state index is 0.0330. The molecule has 4 heteroatoms. The fourth-order valence-electron chi connectivity index (χ4n) is 2.17. The van der Waals surface area contributed by atoms with E-state index in [1.165, 1.54) is 0 Å². The number of urea groups is 1. The van der Waals surface area contributed by atoms with Gasteiger partial charge in [0.2, 0.25) is 0 Å². The van der Waals surface area contributed by atoms with E-state index in [2.05, 4.69) is 10.3 Å². The van der Waals surface area contributed by atoms with E-state index < -0.39 is 0 Å². The molecule has 1 fully saturated rings. The van der Waals surface area contributed by atoms with Crippen LogP contribution in [0.1, 0.15) is 6.42 Å². The van der Waals surface area contributed by atoms with Crippen molar-refractivity contribution in [3.8, 4) is 0 Å². The van der Waals surface area contributed by atoms with E-state index >= 15 is 0 Å². The molecular formula is C13H13N3O. The number of pyridine rings is 1. The lowest BCUT2D eigenvalue weighted by molar-refractivity contribution is 0.243. The molecule has 0 aliphatic carbocycles. The Morgan fingerprint density at radius 2 is 2.12 bits per heavy atom. The molecule has 0 radical (unpaired) electrons. The Labute approximate surface area is 99.3 Å². The van der Waals surface area contributed by atoms with Crippen molar-refractivity contribution < 1.29 is 4.79 Å². The molecule has 86 valence electrons. The van der Waals surface area contributed by atoms with Crippen molar-refractivity contribution in [3.05, 3.63) is 36.5 Å². The van der Waals surface area contributed by atoms with E-state index in [1.54, 1.807) is 11.1 Å². The van der Waals surface area contributed by atoms with Crippen molar-refractivity contribution in [3.63, 3.8) is 0 Å². The number of aromatic nitrogens is 1. The van der Waals surface area contributed by atoms with Gasteiger partial charge in [-0.05, 0) is 18.6 Å². The number of benzene rings is 1. The summed E-state index contributed by atoms with van der Waals surface area (Å²) in [6.07, 6.45) is 2.72. The van der Waals surface area contributed by atoms with Crippen LogP contribution in [0.5, 0.6) is 0 Å². The normalized spacial score (nSPS) is 16.0. The van der Waals surface area contributed by atoms with Crippen molar-refractivity contribution >= 4 is 22.6 Å². The maximum atomic E-state index is 11.8. The second kappa shape index (κ2) is 4.05. The molecule has 0 bridgehead atoms. The zero-order chi connectivity index (χ0) is 11.7. The molecule has 1 saturated heterocycles. The molecule has 0 unspecified atom stereocenters. The van der Waals surface area contributed by atoms with Gasteiger partial charge in [0.25, 0.3) is 0 Å². The standard InChI is InChI=1S/C13H13N3O/c17-13-15-8-3-9-16(13)11-6-1-4-10-5-2-7-14-12(10)11/h1-2,4-7H,3,8-9H2,(H,15,17). The summed E-state index contributed by atoms with van der Waals surface area (Å²) < 4.78 is 0. The van der Waals surface area contributed by atoms with Crippen LogP contribution < -0.4 is 10.2 Å². The summed E-state index contributed by atoms with van der Waals surface area (Å²) in [5.41, 5.74) is 1.77. The third-order valence-electron chi connectivity index (χ3n) is 2.98. The van der Waals surface area contributed by atoms with Gasteiger partial charge in [-0.1, -0.05) is 18.2 Å². The molecule has 2 aromatic rings. The average molecular weight is 227 g/mol. The van der Waals surface area contributed by atoms with Gasteiger partial charge in [-0.3, -0.25) is 9.88 Å². The van der Waals surface area contributed by atoms with Gasteiger partial charge < -0.3 is 5.32 Å². The van der Waals surface area contributed by atoms with Gasteiger partial charge in [0.1, 0.15) is 0 Å². The molecule has 1 aromatic heterocycles. The third kappa shape index (κ3) is 1.71. The minimum atomic E-state index is -0.0330. The maximum absolute atomic E-state index is 11.8. The SMILES string of the molecule is O=C1NCCCN1c1cccc2cccnc12. The number of hydrogen-bond donors (Lipinski definition) is 1. The van der Waals surface area contributed by atoms with Crippen LogP contribution in [0.25, 0.3) is 10.9 Å². The predicted molar refractivity (Wildman–Crippen MR) is 67.1 cm³/mol. The highest BCUT2D eigenvalue weighted by Gasteiger charge is 2.20. The van der Waals surface area contributed by atoms with Crippen LogP contribution in [0, 0.1) is 0 Å². The first-order valence-corrected chi connectivity index (χ1v) is 5.75. The third-order valence-corrected chi connectivity index (χ3v) is 2.98. The summed E-state index contributed by atoms with van der Waals surface area (Å²) >= 11 is 0. The van der Waals surface area contributed by atoms with E-state index in [0.717, 1.165) is 36.1 Å². The molecule has 2 amide bonds. The zero-order valence-electron chi connectivity index (χ0n) is 9.39. The number of hydrogen-bond acceptors (Lipinski definition) is 2. The highest BCUT2D eigenvalue weighted by atomic mass is 16.2. The Bertz CT molecular complexity index is 562. The Morgan fingerprint density at radius 1 is 1.24 bits per heavy atom. The van der Waals surface area contributed by atoms with Crippen LogP contribution in [0.3, 0.4) is 0 Å². The molecule has 0 atom stereocenters. The highest BCUT2D eigenvalue weighted by Crippen LogP contribution is 2.25. The second-order valence-electron chi connectivity index (χ2n) is 4.09. The number of rotatable bonds is 1. The molecular weight excluding hydrogens is 214 g/mol. The van der Waals surface area contributed by atoms with Crippen LogP contribution >= 0.6 is 0 Å². The van der Waals surface area contributed by atoms with Crippen LogP contribution in [-0.4, -0.2) is 24.1 Å². The lowest BCUT2D eigenvalue weighted by atomic mass is 10.1. The fraction of sp³-hybridized carbons (Fsp3) is 0.231. The number of carbonyl (C=O) groups is 1. The summed E-state index contributed by atoms with van der Waals surface area (Å²) in [7, 11) is 0. The Kier molecular flexibility index (Phi) is 2.40. The first-order chi connectivity index (χ1) is 8.36. The number of anilines is 1. The van der Waals surface area contributed by atoms with Crippen LogP contribution in [-0.2, 0) is 0 Å². The Morgan fingerprint density at radius 3 is 3.00 bits per heavy atom. The fourth-order valence-corrected chi connectivity index (χ4v) is 2.17. The molecule has 1 aromatic carbocycles. The first kappa shape index (κ1) is 10.1. The van der Waals surface area contributed by atoms with Crippen molar-refractivity contribution in [1.82, 2.24) is 10.3 Å². The van der Waals surface area contributed by atoms with Gasteiger partial charge in [-0.2, -0.15) is 0 Å². The van der Waals surface area contributed by atoms with E-state index in [4.69, 9.17) is 0 Å². The van der Waals surface area contributed by atoms with Crippen molar-refractivity contribution in [2.75, 3.05) is 18.0 Å². The Balaban J connectivity index is 2.13. The minimum Gasteiger partial charge on any atom is -0.338 e. The van der Waals surface area contributed by atoms with Crippen LogP contribution in [0.4, 0.5) is 10.5 Å². The van der Waals surface area contributed by atoms with Crippen LogP contribution in [0.15, 0.2) is 36.5 Å². The van der Waals surface area contributed by atoms with Gasteiger partial charge in [-0.25, -0.2) is 4.79 Å². The van der Waals surface area contributed by atoms with E-state index in [-0.39, 0.29) is 6.03 Å². The topological polar surface area (TPSA) is 45.2 Å². The number of nitrogens with zero attached hydrogens (tertiary/aromatic N) is 2. The van der Waals surface area contributed by atoms with Gasteiger partial charge >= 0.3 is 6.03 Å². The summed E-state index contributed by atoms with van der Waals surface area (Å²) in [6.45, 7) is 1.51. The smallest absolute Gasteiger partial charge is 0.321 e. The Hall–Kier alpha value is -2.10. The maximum Gasteiger partial charge on any atom is 0.321 e. The second-order valence-corrected chi connectivity index (χ2v) is 4.09. The largest absolute Gasteiger partial charge is 0.338 e. The molecule has 1 aliphatic heterocycles. The van der Waals surface area contributed by atoms with E-state index in [0.29, 0.717) is 0 Å². The monoisotopic (exact) mass is 227 g/mol. The molecule has 1 N–H and O–H groups in total. The van der Waals surface area contributed by atoms with E-state index in [1.807, 2.05) is 30.3 Å². The molecule has 1 aliphatic rings. The number of fused-ring (bicyclic) bond motifs is 1. The van der Waals surface area contributed by atoms with E-state index in [9.17, 15) is 4.79 Å². The molecule has 2 heterocycles. The lowest BCUT2D eigenvalue weighted by Gasteiger charge is -2.28. The van der Waals surface area contributed by atoms with Gasteiger partial charge in [0.15, 0.2) is 0 Å². The van der Waals surface area contributed by atoms with Gasteiger partial charge in [0.05, 0.1) is 11.2 Å². The molecule has 0 spiro atoms. The van der Waals surface area contributed by atoms with Crippen molar-refractivity contribution in [1.29, 1.82) is 0 Å². The quantitative estimate of drug-likeness (QED) is 0.811. The zero-order valence-corrected chi connectivity index (χ0v) is 9.39. The van der Waals surface area contributed by atoms with Crippen molar-refractivity contribution in [2.45, 2.75) is 6.42 Å². The molecule has 4 nitrogen and oxygen atoms in total. The number of nitrogens with one attached hydrogen (secondary N) is 1. The highest BCUT2D eigenvalue weighted by molar-refractivity contribution is 6.01. The predicted octanol–water partition coefficient (Wildman–Crippen LogP) is 2.15.